The summed E-state index contributed by atoms with van der Waals surface area (Å²) in [4.78, 5) is 25.6. The van der Waals surface area contributed by atoms with Gasteiger partial charge >= 0.3 is 6.03 Å². The van der Waals surface area contributed by atoms with Gasteiger partial charge in [0, 0.05) is 39.4 Å². The number of sulfonamides is 1. The second-order valence-electron chi connectivity index (χ2n) is 3.91. The number of pyridine rings is 1. The Labute approximate surface area is 110 Å². The molecule has 1 aromatic rings. The van der Waals surface area contributed by atoms with E-state index < -0.39 is 10.0 Å². The van der Waals surface area contributed by atoms with Crippen molar-refractivity contribution in [1.82, 2.24) is 19.9 Å². The zero-order chi connectivity index (χ0) is 14.5. The second-order valence-corrected chi connectivity index (χ2v) is 5.68. The highest BCUT2D eigenvalue weighted by atomic mass is 32.2. The molecule has 106 valence electrons. The Morgan fingerprint density at radius 2 is 2.00 bits per heavy atom. The summed E-state index contributed by atoms with van der Waals surface area (Å²) in [6.45, 7) is 0.223. The van der Waals surface area contributed by atoms with Crippen LogP contribution in [0, 0.1) is 0 Å². The lowest BCUT2D eigenvalue weighted by Crippen LogP contribution is -2.39. The summed E-state index contributed by atoms with van der Waals surface area (Å²) in [7, 11) is -0.514. The molecule has 0 aliphatic heterocycles. The van der Waals surface area contributed by atoms with E-state index in [9.17, 15) is 18.0 Å². The fourth-order valence-electron chi connectivity index (χ4n) is 1.16. The first kappa shape index (κ1) is 15.2. The summed E-state index contributed by atoms with van der Waals surface area (Å²) in [5.41, 5.74) is -0.378. The number of hydrogen-bond donors (Lipinski definition) is 3. The van der Waals surface area contributed by atoms with Crippen molar-refractivity contribution in [2.24, 2.45) is 0 Å². The molecule has 8 nitrogen and oxygen atoms in total. The minimum Gasteiger partial charge on any atom is -0.337 e. The molecule has 1 heterocycles. The van der Waals surface area contributed by atoms with E-state index in [1.807, 2.05) is 0 Å². The molecule has 0 unspecified atom stereocenters. The number of rotatable bonds is 5. The number of hydrogen-bond acceptors (Lipinski definition) is 4. The normalized spacial score (nSPS) is 11.1. The summed E-state index contributed by atoms with van der Waals surface area (Å²) in [6.07, 6.45) is 1.11. The molecule has 3 N–H and O–H groups in total. The van der Waals surface area contributed by atoms with Crippen molar-refractivity contribution in [1.29, 1.82) is 0 Å². The Morgan fingerprint density at radius 1 is 1.32 bits per heavy atom. The molecule has 0 atom stereocenters. The van der Waals surface area contributed by atoms with Crippen molar-refractivity contribution in [3.05, 3.63) is 28.7 Å². The molecule has 0 aliphatic rings. The molecule has 1 rings (SSSR count). The number of aromatic amines is 1. The largest absolute Gasteiger partial charge is 0.337 e. The first-order chi connectivity index (χ1) is 8.83. The molecule has 2 amide bonds. The lowest BCUT2D eigenvalue weighted by Gasteiger charge is -2.12. The summed E-state index contributed by atoms with van der Waals surface area (Å²) in [6, 6.07) is 2.03. The van der Waals surface area contributed by atoms with Crippen LogP contribution in [0.15, 0.2) is 28.0 Å². The minimum absolute atomic E-state index is 0.0361. The van der Waals surface area contributed by atoms with Gasteiger partial charge in [0.25, 0.3) is 0 Å². The van der Waals surface area contributed by atoms with Gasteiger partial charge in [-0.3, -0.25) is 4.79 Å². The highest BCUT2D eigenvalue weighted by Crippen LogP contribution is 2.02. The van der Waals surface area contributed by atoms with Crippen molar-refractivity contribution in [2.45, 2.75) is 4.90 Å². The lowest BCUT2D eigenvalue weighted by molar-refractivity contribution is 0.217. The Morgan fingerprint density at radius 3 is 2.53 bits per heavy atom. The van der Waals surface area contributed by atoms with Crippen LogP contribution in [0.2, 0.25) is 0 Å². The molecule has 0 spiro atoms. The maximum Gasteiger partial charge on any atom is 0.316 e. The molecular formula is C10H16N4O4S. The van der Waals surface area contributed by atoms with E-state index in [4.69, 9.17) is 0 Å². The minimum atomic E-state index is -3.68. The lowest BCUT2D eigenvalue weighted by atomic mass is 10.5. The number of amides is 2. The number of nitrogens with zero attached hydrogens (tertiary/aromatic N) is 1. The van der Waals surface area contributed by atoms with Crippen LogP contribution in [0.1, 0.15) is 0 Å². The maximum absolute atomic E-state index is 11.8. The van der Waals surface area contributed by atoms with Gasteiger partial charge in [0.15, 0.2) is 0 Å². The zero-order valence-corrected chi connectivity index (χ0v) is 11.5. The molecular weight excluding hydrogens is 272 g/mol. The van der Waals surface area contributed by atoms with Crippen LogP contribution < -0.4 is 15.6 Å². The van der Waals surface area contributed by atoms with Gasteiger partial charge in [-0.15, -0.1) is 0 Å². The highest BCUT2D eigenvalue weighted by Gasteiger charge is 2.13. The van der Waals surface area contributed by atoms with Crippen LogP contribution in [0.25, 0.3) is 0 Å². The van der Waals surface area contributed by atoms with Gasteiger partial charge in [-0.25, -0.2) is 17.9 Å². The van der Waals surface area contributed by atoms with E-state index in [0.29, 0.717) is 0 Å². The quantitative estimate of drug-likeness (QED) is 0.599. The fraction of sp³-hybridized carbons (Fsp3) is 0.400. The Kier molecular flexibility index (Phi) is 5.07. The van der Waals surface area contributed by atoms with Gasteiger partial charge in [0.2, 0.25) is 15.6 Å². The molecule has 0 fully saturated rings. The van der Waals surface area contributed by atoms with Gasteiger partial charge in [0.05, 0.1) is 4.90 Å². The first-order valence-corrected chi connectivity index (χ1v) is 6.95. The Balaban J connectivity index is 2.50. The summed E-state index contributed by atoms with van der Waals surface area (Å²) in [5, 5.41) is 2.52. The van der Waals surface area contributed by atoms with Gasteiger partial charge in [-0.1, -0.05) is 0 Å². The molecule has 0 bridgehead atoms. The average Bonchev–Trinajstić information content (AvgIpc) is 2.34. The molecule has 9 heteroatoms. The number of urea groups is 1. The van der Waals surface area contributed by atoms with E-state index >= 15 is 0 Å². The third kappa shape index (κ3) is 4.72. The molecule has 0 aliphatic carbocycles. The van der Waals surface area contributed by atoms with E-state index in [1.165, 1.54) is 11.0 Å². The second kappa shape index (κ2) is 6.34. The first-order valence-electron chi connectivity index (χ1n) is 5.46. The highest BCUT2D eigenvalue weighted by molar-refractivity contribution is 7.89. The summed E-state index contributed by atoms with van der Waals surface area (Å²) in [5.74, 6) is 0. The van der Waals surface area contributed by atoms with Crippen molar-refractivity contribution < 1.29 is 13.2 Å². The van der Waals surface area contributed by atoms with Crippen molar-refractivity contribution >= 4 is 16.1 Å². The van der Waals surface area contributed by atoms with E-state index in [1.54, 1.807) is 14.1 Å². The Bertz CT molecular complexity index is 573. The molecule has 0 saturated heterocycles. The smallest absolute Gasteiger partial charge is 0.316 e. The number of aromatic nitrogens is 1. The van der Waals surface area contributed by atoms with Crippen molar-refractivity contribution in [3.63, 3.8) is 0 Å². The Hall–Kier alpha value is -1.87. The van der Waals surface area contributed by atoms with Gasteiger partial charge in [0.1, 0.15) is 0 Å². The van der Waals surface area contributed by atoms with Crippen LogP contribution in [0.3, 0.4) is 0 Å². The van der Waals surface area contributed by atoms with Gasteiger partial charge in [-0.2, -0.15) is 0 Å². The standard InChI is InChI=1S/C10H16N4O4S/c1-14(2)10(16)11-5-6-13-19(17,18)8-3-4-9(15)12-7-8/h3-4,7,13H,5-6H2,1-2H3,(H,11,16)(H,12,15). The molecule has 1 aromatic heterocycles. The monoisotopic (exact) mass is 288 g/mol. The maximum atomic E-state index is 11.8. The average molecular weight is 288 g/mol. The van der Waals surface area contributed by atoms with E-state index in [-0.39, 0.29) is 29.6 Å². The number of carbonyl (C=O) groups excluding carboxylic acids is 1. The molecule has 0 radical (unpaired) electrons. The summed E-state index contributed by atoms with van der Waals surface area (Å²) < 4.78 is 25.8. The predicted molar refractivity (Wildman–Crippen MR) is 69.3 cm³/mol. The predicted octanol–water partition coefficient (Wildman–Crippen LogP) is -1.08. The third-order valence-corrected chi connectivity index (χ3v) is 3.62. The van der Waals surface area contributed by atoms with Crippen molar-refractivity contribution in [2.75, 3.05) is 27.2 Å². The molecule has 19 heavy (non-hydrogen) atoms. The summed E-state index contributed by atoms with van der Waals surface area (Å²) >= 11 is 0. The van der Waals surface area contributed by atoms with Crippen LogP contribution in [0.5, 0.6) is 0 Å². The van der Waals surface area contributed by atoms with Crippen LogP contribution in [-0.2, 0) is 10.0 Å². The number of nitrogens with one attached hydrogen (secondary N) is 3. The van der Waals surface area contributed by atoms with Crippen molar-refractivity contribution in [3.8, 4) is 0 Å². The van der Waals surface area contributed by atoms with Crippen LogP contribution >= 0.6 is 0 Å². The SMILES string of the molecule is CN(C)C(=O)NCCNS(=O)(=O)c1ccc(=O)[nH]c1. The molecule has 0 saturated carbocycles. The van der Waals surface area contributed by atoms with Gasteiger partial charge in [-0.05, 0) is 6.07 Å². The number of H-pyrrole nitrogens is 1. The van der Waals surface area contributed by atoms with E-state index in [2.05, 4.69) is 15.0 Å². The zero-order valence-electron chi connectivity index (χ0n) is 10.6. The van der Waals surface area contributed by atoms with Gasteiger partial charge < -0.3 is 15.2 Å². The van der Waals surface area contributed by atoms with E-state index in [0.717, 1.165) is 12.3 Å². The van der Waals surface area contributed by atoms with Crippen LogP contribution in [-0.4, -0.2) is 51.5 Å². The molecule has 0 aromatic carbocycles. The topological polar surface area (TPSA) is 111 Å². The fourth-order valence-corrected chi connectivity index (χ4v) is 2.16. The number of carbonyl (C=O) groups is 1. The van der Waals surface area contributed by atoms with Crippen LogP contribution in [0.4, 0.5) is 4.79 Å². The third-order valence-electron chi connectivity index (χ3n) is 2.17.